The molecule has 5 rings (SSSR count). The second-order valence-corrected chi connectivity index (χ2v) is 8.83. The largest absolute Gasteiger partial charge is 0.392 e. The van der Waals surface area contributed by atoms with Crippen molar-refractivity contribution in [2.24, 2.45) is 0 Å². The fraction of sp³-hybridized carbons (Fsp3) is 0.400. The van der Waals surface area contributed by atoms with Gasteiger partial charge in [-0.15, -0.1) is 0 Å². The molecule has 31 heavy (non-hydrogen) atoms. The first-order valence-corrected chi connectivity index (χ1v) is 11.2. The van der Waals surface area contributed by atoms with Gasteiger partial charge in [0.25, 0.3) is 0 Å². The van der Waals surface area contributed by atoms with E-state index in [0.29, 0.717) is 18.5 Å². The maximum atomic E-state index is 13.5. The summed E-state index contributed by atoms with van der Waals surface area (Å²) in [5.41, 5.74) is 5.52. The molecular weight excluding hydrogens is 391 g/mol. The molecule has 2 aliphatic heterocycles. The van der Waals surface area contributed by atoms with Gasteiger partial charge in [0.1, 0.15) is 5.82 Å². The number of β-amino-alcohol motifs (C(OH)–C–C–N with tert-alkyl or cyclic N) is 1. The fourth-order valence-electron chi connectivity index (χ4n) is 4.97. The highest BCUT2D eigenvalue weighted by atomic mass is 19.1. The van der Waals surface area contributed by atoms with E-state index in [2.05, 4.69) is 26.3 Å². The minimum Gasteiger partial charge on any atom is -0.392 e. The molecule has 2 aromatic heterocycles. The van der Waals surface area contributed by atoms with Crippen molar-refractivity contribution < 1.29 is 9.50 Å². The van der Waals surface area contributed by atoms with Crippen LogP contribution in [0.5, 0.6) is 0 Å². The van der Waals surface area contributed by atoms with E-state index < -0.39 is 0 Å². The zero-order chi connectivity index (χ0) is 21.2. The molecule has 0 radical (unpaired) electrons. The van der Waals surface area contributed by atoms with Gasteiger partial charge < -0.3 is 20.3 Å². The van der Waals surface area contributed by atoms with Crippen molar-refractivity contribution in [1.29, 1.82) is 0 Å². The minimum atomic E-state index is -0.224. The number of hydrogen-bond donors (Lipinski definition) is 3. The lowest BCUT2D eigenvalue weighted by molar-refractivity contribution is 0.175. The van der Waals surface area contributed by atoms with E-state index in [4.69, 9.17) is 0 Å². The highest BCUT2D eigenvalue weighted by Gasteiger charge is 2.28. The number of aromatic nitrogens is 2. The summed E-state index contributed by atoms with van der Waals surface area (Å²) in [6.45, 7) is 3.86. The lowest BCUT2D eigenvalue weighted by atomic mass is 9.92. The Morgan fingerprint density at radius 3 is 2.45 bits per heavy atom. The maximum absolute atomic E-state index is 13.5. The summed E-state index contributed by atoms with van der Waals surface area (Å²) in [6.07, 6.45) is 6.49. The molecule has 1 aromatic carbocycles. The Balaban J connectivity index is 1.34. The topological polar surface area (TPSA) is 64.2 Å². The number of aliphatic hydroxyl groups is 1. The number of aromatic amines is 1. The molecule has 0 unspecified atom stereocenters. The van der Waals surface area contributed by atoms with Crippen LogP contribution in [0.4, 0.5) is 4.39 Å². The summed E-state index contributed by atoms with van der Waals surface area (Å²) in [5.74, 6) is 0.255. The fourth-order valence-corrected chi connectivity index (χ4v) is 4.97. The van der Waals surface area contributed by atoms with Gasteiger partial charge in [-0.05, 0) is 85.9 Å². The van der Waals surface area contributed by atoms with Gasteiger partial charge in [-0.25, -0.2) is 4.39 Å². The Labute approximate surface area is 182 Å². The van der Waals surface area contributed by atoms with E-state index in [1.54, 1.807) is 0 Å². The van der Waals surface area contributed by atoms with Gasteiger partial charge in [0.2, 0.25) is 0 Å². The van der Waals surface area contributed by atoms with Crippen LogP contribution in [0.2, 0.25) is 0 Å². The first kappa shape index (κ1) is 20.4. The Bertz CT molecular complexity index is 996. The predicted octanol–water partition coefficient (Wildman–Crippen LogP) is 3.79. The molecule has 3 N–H and O–H groups in total. The summed E-state index contributed by atoms with van der Waals surface area (Å²) >= 11 is 0. The van der Waals surface area contributed by atoms with E-state index in [9.17, 15) is 9.50 Å². The van der Waals surface area contributed by atoms with Crippen LogP contribution < -0.4 is 5.32 Å². The number of H-pyrrole nitrogens is 1. The normalized spacial score (nSPS) is 22.8. The standard InChI is InChI=1S/C25H29FN4O/c26-20-3-1-19(2-4-20)25-23(17-5-9-27-10-6-17)14-24(29-25)18-7-11-30(12-8-18)16-21-13-22(31)15-28-21/h1-6,9-10,14,18,21-22,28-29,31H,7-8,11-13,15-16H2/t21-,22+/m0/s1. The van der Waals surface area contributed by atoms with E-state index in [1.165, 1.54) is 17.8 Å². The van der Waals surface area contributed by atoms with Crippen LogP contribution >= 0.6 is 0 Å². The Hall–Kier alpha value is -2.54. The molecule has 2 atom stereocenters. The SMILES string of the molecule is O[C@H]1CN[C@H](CN2CCC(c3cc(-c4ccncc4)c(-c4ccc(F)cc4)[nH]3)CC2)C1. The second kappa shape index (κ2) is 8.91. The number of likely N-dealkylation sites (tertiary alicyclic amines) is 1. The Morgan fingerprint density at radius 2 is 1.77 bits per heavy atom. The molecule has 3 aromatic rings. The molecule has 5 nitrogen and oxygen atoms in total. The number of piperidine rings is 1. The zero-order valence-electron chi connectivity index (χ0n) is 17.6. The molecule has 0 saturated carbocycles. The molecule has 0 bridgehead atoms. The van der Waals surface area contributed by atoms with Crippen molar-refractivity contribution >= 4 is 0 Å². The highest BCUT2D eigenvalue weighted by molar-refractivity contribution is 5.82. The maximum Gasteiger partial charge on any atom is 0.123 e. The average Bonchev–Trinajstić information content (AvgIpc) is 3.42. The van der Waals surface area contributed by atoms with Crippen molar-refractivity contribution in [2.45, 2.75) is 37.3 Å². The Kier molecular flexibility index (Phi) is 5.85. The van der Waals surface area contributed by atoms with E-state index in [1.807, 2.05) is 36.7 Å². The third-order valence-corrected chi connectivity index (χ3v) is 6.67. The molecule has 162 valence electrons. The van der Waals surface area contributed by atoms with Gasteiger partial charge in [-0.1, -0.05) is 0 Å². The summed E-state index contributed by atoms with van der Waals surface area (Å²) in [7, 11) is 0. The highest BCUT2D eigenvalue weighted by Crippen LogP contribution is 2.37. The van der Waals surface area contributed by atoms with Gasteiger partial charge >= 0.3 is 0 Å². The number of pyridine rings is 1. The number of rotatable bonds is 5. The van der Waals surface area contributed by atoms with Crippen LogP contribution in [0.3, 0.4) is 0 Å². The van der Waals surface area contributed by atoms with Crippen molar-refractivity contribution in [3.63, 3.8) is 0 Å². The quantitative estimate of drug-likeness (QED) is 0.588. The Morgan fingerprint density at radius 1 is 1.03 bits per heavy atom. The van der Waals surface area contributed by atoms with Gasteiger partial charge in [0.15, 0.2) is 0 Å². The lowest BCUT2D eigenvalue weighted by Crippen LogP contribution is -2.41. The summed E-state index contributed by atoms with van der Waals surface area (Å²) < 4.78 is 13.5. The number of halogens is 1. The lowest BCUT2D eigenvalue weighted by Gasteiger charge is -2.33. The number of nitrogens with zero attached hydrogens (tertiary/aromatic N) is 2. The van der Waals surface area contributed by atoms with Crippen molar-refractivity contribution in [1.82, 2.24) is 20.2 Å². The van der Waals surface area contributed by atoms with Crippen LogP contribution in [0, 0.1) is 5.82 Å². The average molecular weight is 421 g/mol. The molecule has 6 heteroatoms. The zero-order valence-corrected chi connectivity index (χ0v) is 17.6. The monoisotopic (exact) mass is 420 g/mol. The van der Waals surface area contributed by atoms with Crippen molar-refractivity contribution in [3.05, 3.63) is 66.4 Å². The summed E-state index contributed by atoms with van der Waals surface area (Å²) in [6, 6.07) is 13.4. The van der Waals surface area contributed by atoms with Gasteiger partial charge in [0, 0.05) is 48.7 Å². The molecule has 0 spiro atoms. The molecule has 2 fully saturated rings. The number of hydrogen-bond acceptors (Lipinski definition) is 4. The molecule has 0 aliphatic carbocycles. The summed E-state index contributed by atoms with van der Waals surface area (Å²) in [5, 5.41) is 13.2. The first-order chi connectivity index (χ1) is 15.2. The van der Waals surface area contributed by atoms with Crippen LogP contribution in [0.25, 0.3) is 22.4 Å². The third kappa shape index (κ3) is 4.56. The molecule has 0 amide bonds. The number of benzene rings is 1. The van der Waals surface area contributed by atoms with Crippen LogP contribution in [0.15, 0.2) is 54.9 Å². The minimum absolute atomic E-state index is 0.196. The molecule has 2 saturated heterocycles. The van der Waals surface area contributed by atoms with E-state index in [-0.39, 0.29) is 11.9 Å². The van der Waals surface area contributed by atoms with E-state index in [0.717, 1.165) is 61.3 Å². The number of aliphatic hydroxyl groups excluding tert-OH is 1. The third-order valence-electron chi connectivity index (χ3n) is 6.67. The van der Waals surface area contributed by atoms with Gasteiger partial charge in [0.05, 0.1) is 11.8 Å². The summed E-state index contributed by atoms with van der Waals surface area (Å²) in [4.78, 5) is 10.3. The first-order valence-electron chi connectivity index (χ1n) is 11.2. The van der Waals surface area contributed by atoms with E-state index >= 15 is 0 Å². The van der Waals surface area contributed by atoms with Crippen LogP contribution in [-0.4, -0.2) is 58.3 Å². The molecule has 2 aliphatic rings. The van der Waals surface area contributed by atoms with Crippen molar-refractivity contribution in [2.75, 3.05) is 26.2 Å². The second-order valence-electron chi connectivity index (χ2n) is 8.83. The smallest absolute Gasteiger partial charge is 0.123 e. The van der Waals surface area contributed by atoms with Crippen LogP contribution in [-0.2, 0) is 0 Å². The van der Waals surface area contributed by atoms with Crippen molar-refractivity contribution in [3.8, 4) is 22.4 Å². The number of nitrogens with one attached hydrogen (secondary N) is 2. The molecular formula is C25H29FN4O. The van der Waals surface area contributed by atoms with Crippen LogP contribution in [0.1, 0.15) is 30.9 Å². The predicted molar refractivity (Wildman–Crippen MR) is 120 cm³/mol. The van der Waals surface area contributed by atoms with Gasteiger partial charge in [-0.3, -0.25) is 4.98 Å². The van der Waals surface area contributed by atoms with Gasteiger partial charge in [-0.2, -0.15) is 0 Å². The molecule has 4 heterocycles.